The number of imidazole rings is 3. The summed E-state index contributed by atoms with van der Waals surface area (Å²) in [6.45, 7) is 26.7. The quantitative estimate of drug-likeness (QED) is 0.113. The van der Waals surface area contributed by atoms with Crippen LogP contribution in [0, 0.1) is 29.6 Å². The first-order valence-corrected chi connectivity index (χ1v) is 36.3. The summed E-state index contributed by atoms with van der Waals surface area (Å²) < 4.78 is 67.5. The van der Waals surface area contributed by atoms with E-state index >= 15 is 0 Å². The second-order valence-corrected chi connectivity index (χ2v) is 29.2. The number of furan rings is 3. The fourth-order valence-corrected chi connectivity index (χ4v) is 15.3. The monoisotopic (exact) mass is 1580 g/mol. The first kappa shape index (κ1) is 70.5. The normalized spacial score (nSPS) is 12.0. The van der Waals surface area contributed by atoms with Crippen LogP contribution in [0.1, 0.15) is 152 Å². The minimum absolute atomic E-state index is 0. The van der Waals surface area contributed by atoms with Crippen LogP contribution in [0.3, 0.4) is 0 Å². The van der Waals surface area contributed by atoms with E-state index in [4.69, 9.17) is 28.2 Å². The van der Waals surface area contributed by atoms with Crippen molar-refractivity contribution in [2.24, 2.45) is 0 Å². The second-order valence-electron chi connectivity index (χ2n) is 29.2. The van der Waals surface area contributed by atoms with Crippen LogP contribution >= 0.6 is 0 Å². The van der Waals surface area contributed by atoms with Gasteiger partial charge in [0.25, 0.3) is 0 Å². The largest absolute Gasteiger partial charge is 0.500 e. The van der Waals surface area contributed by atoms with Crippen molar-refractivity contribution in [2.45, 2.75) is 119 Å². The van der Waals surface area contributed by atoms with E-state index < -0.39 is 0 Å². The van der Waals surface area contributed by atoms with Crippen LogP contribution in [0.25, 0.3) is 150 Å². The number of aromatic nitrogens is 6. The average Bonchev–Trinajstić information content (AvgIpc) is 1.58. The molecule has 13 heteroatoms. The van der Waals surface area contributed by atoms with E-state index in [0.717, 1.165) is 117 Å². The van der Waals surface area contributed by atoms with Crippen molar-refractivity contribution in [3.8, 4) is 51.2 Å². The summed E-state index contributed by atoms with van der Waals surface area (Å²) in [6, 6.07) is 79.1. The van der Waals surface area contributed by atoms with Gasteiger partial charge in [0.2, 0.25) is 0 Å². The van der Waals surface area contributed by atoms with Gasteiger partial charge in [-0.2, -0.15) is 0 Å². The van der Waals surface area contributed by atoms with E-state index in [0.29, 0.717) is 63.4 Å². The molecule has 18 aromatic rings. The SMILES string of the molecule is CC(C)c1cccc(C(C)C)c1-n1c(-c2[c-]ccc3c2oc2cc(F)ccc23)nc2ccccc21.CC(C)c1cccc(C(C)C)c1-n1c(-c2[c-]ccc3c2oc2cc(F)ccc23)nc2ccccc21.CC(C)c1cccc(C(C)C)c1-n1c(-c2cccc3c2oc2cc(F)ccc23)nc2ccccc21.[Ir]. The van der Waals surface area contributed by atoms with E-state index in [-0.39, 0.29) is 37.6 Å². The summed E-state index contributed by atoms with van der Waals surface area (Å²) in [7, 11) is 0. The summed E-state index contributed by atoms with van der Waals surface area (Å²) in [4.78, 5) is 15.3. The molecule has 0 bridgehead atoms. The molecule has 0 aliphatic rings. The van der Waals surface area contributed by atoms with Crippen molar-refractivity contribution < 1.29 is 46.5 Å². The fraction of sp³-hybridized carbons (Fsp3) is 0.194. The average molecular weight is 1580 g/mol. The molecule has 106 heavy (non-hydrogen) atoms. The second kappa shape index (κ2) is 28.4. The van der Waals surface area contributed by atoms with Gasteiger partial charge in [-0.05, 0) is 148 Å². The standard InChI is InChI=1S/C31H27FN2O.2C31H26FN2O.Ir/c3*1-18(2)21-9-7-10-22(19(3)4)29(21)34-27-14-6-5-13-26(27)33-31(34)25-12-8-11-24-23-16-15-20(32)17-28(23)35-30(24)25;/h5-19H,1-4H3;2*5-11,13-19H,1-4H3;/q;2*-1;. The Morgan fingerprint density at radius 2 is 0.594 bits per heavy atom. The molecule has 0 fully saturated rings. The van der Waals surface area contributed by atoms with Crippen LogP contribution in [0.5, 0.6) is 0 Å². The molecule has 0 amide bonds. The van der Waals surface area contributed by atoms with Crippen molar-refractivity contribution in [1.29, 1.82) is 0 Å². The summed E-state index contributed by atoms with van der Waals surface area (Å²) in [5.41, 5.74) is 23.0. The Bertz CT molecular complexity index is 5710. The summed E-state index contributed by atoms with van der Waals surface area (Å²) in [5, 5.41) is 5.46. The maximum Gasteiger partial charge on any atom is 0.149 e. The zero-order valence-electron chi connectivity index (χ0n) is 61.2. The number of nitrogens with zero attached hydrogens (tertiary/aromatic N) is 6. The molecule has 0 atom stereocenters. The summed E-state index contributed by atoms with van der Waals surface area (Å²) >= 11 is 0. The molecule has 12 aromatic carbocycles. The van der Waals surface area contributed by atoms with Gasteiger partial charge in [-0.3, -0.25) is 14.5 Å². The molecule has 18 rings (SSSR count). The van der Waals surface area contributed by atoms with E-state index in [1.54, 1.807) is 18.2 Å². The molecular formula is C93H79F3IrN6O3-2. The van der Waals surface area contributed by atoms with Crippen LogP contribution in [-0.4, -0.2) is 28.7 Å². The number of para-hydroxylation sites is 10. The number of hydrogen-bond acceptors (Lipinski definition) is 6. The first-order chi connectivity index (χ1) is 50.8. The number of benzene rings is 12. The Morgan fingerprint density at radius 1 is 0.302 bits per heavy atom. The van der Waals surface area contributed by atoms with Gasteiger partial charge >= 0.3 is 0 Å². The Morgan fingerprint density at radius 3 is 0.934 bits per heavy atom. The van der Waals surface area contributed by atoms with Crippen LogP contribution in [0.2, 0.25) is 0 Å². The zero-order valence-corrected chi connectivity index (χ0v) is 63.6. The van der Waals surface area contributed by atoms with E-state index in [2.05, 4.69) is 194 Å². The van der Waals surface area contributed by atoms with Crippen LogP contribution in [0.15, 0.2) is 238 Å². The fourth-order valence-electron chi connectivity index (χ4n) is 15.3. The maximum atomic E-state index is 14.0. The van der Waals surface area contributed by atoms with Crippen LogP contribution in [0.4, 0.5) is 13.2 Å². The number of hydrogen-bond donors (Lipinski definition) is 0. The van der Waals surface area contributed by atoms with Gasteiger partial charge < -0.3 is 22.4 Å². The van der Waals surface area contributed by atoms with Crippen molar-refractivity contribution in [2.75, 3.05) is 0 Å². The first-order valence-electron chi connectivity index (χ1n) is 36.3. The molecular weight excluding hydrogens is 1500 g/mol. The predicted octanol–water partition coefficient (Wildman–Crippen LogP) is 26.5. The Balaban J connectivity index is 0.000000127. The van der Waals surface area contributed by atoms with Crippen LogP contribution in [-0.2, 0) is 20.1 Å². The number of halogens is 3. The maximum absolute atomic E-state index is 14.0. The Hall–Kier alpha value is -11.1. The molecule has 0 aliphatic heterocycles. The number of rotatable bonds is 12. The third kappa shape index (κ3) is 12.3. The molecule has 0 aliphatic carbocycles. The molecule has 0 N–H and O–H groups in total. The van der Waals surface area contributed by atoms with Crippen LogP contribution < -0.4 is 0 Å². The van der Waals surface area contributed by atoms with Gasteiger partial charge in [-0.15, -0.1) is 36.4 Å². The summed E-state index contributed by atoms with van der Waals surface area (Å²) in [5.74, 6) is 3.40. The molecule has 531 valence electrons. The molecule has 9 nitrogen and oxygen atoms in total. The van der Waals surface area contributed by atoms with E-state index in [1.165, 1.54) is 75.5 Å². The smallest absolute Gasteiger partial charge is 0.149 e. The molecule has 0 saturated carbocycles. The Labute approximate surface area is 627 Å². The predicted molar refractivity (Wildman–Crippen MR) is 423 cm³/mol. The molecule has 1 radical (unpaired) electrons. The molecule has 0 unspecified atom stereocenters. The topological polar surface area (TPSA) is 92.9 Å². The van der Waals surface area contributed by atoms with Gasteiger partial charge in [0.05, 0.1) is 67.2 Å². The summed E-state index contributed by atoms with van der Waals surface area (Å²) in [6.07, 6.45) is 0. The van der Waals surface area contributed by atoms with Gasteiger partial charge in [-0.1, -0.05) is 208 Å². The van der Waals surface area contributed by atoms with E-state index in [1.807, 2.05) is 84.9 Å². The van der Waals surface area contributed by atoms with Crippen molar-refractivity contribution in [3.05, 3.63) is 287 Å². The minimum Gasteiger partial charge on any atom is -0.500 e. The third-order valence-corrected chi connectivity index (χ3v) is 20.3. The van der Waals surface area contributed by atoms with E-state index in [9.17, 15) is 13.2 Å². The van der Waals surface area contributed by atoms with Gasteiger partial charge in [-0.25, -0.2) is 18.2 Å². The molecule has 6 heterocycles. The molecule has 0 saturated heterocycles. The third-order valence-electron chi connectivity index (χ3n) is 20.3. The number of fused-ring (bicyclic) bond motifs is 12. The van der Waals surface area contributed by atoms with Gasteiger partial charge in [0, 0.05) is 71.2 Å². The van der Waals surface area contributed by atoms with Crippen molar-refractivity contribution in [1.82, 2.24) is 28.7 Å². The van der Waals surface area contributed by atoms with Gasteiger partial charge in [0.15, 0.2) is 0 Å². The van der Waals surface area contributed by atoms with Crippen molar-refractivity contribution >= 4 is 98.9 Å². The van der Waals surface area contributed by atoms with Gasteiger partial charge in [0.1, 0.15) is 45.6 Å². The van der Waals surface area contributed by atoms with Crippen molar-refractivity contribution in [3.63, 3.8) is 0 Å². The molecule has 0 spiro atoms. The zero-order chi connectivity index (χ0) is 72.8. The Kier molecular flexibility index (Phi) is 18.9. The minimum atomic E-state index is -0.318. The molecule has 6 aromatic heterocycles.